The van der Waals surface area contributed by atoms with Crippen LogP contribution in [0.1, 0.15) is 6.92 Å². The van der Waals surface area contributed by atoms with Crippen LogP contribution in [0.15, 0.2) is 30.3 Å². The second-order valence-corrected chi connectivity index (χ2v) is 5.02. The number of hydrogen-bond acceptors (Lipinski definition) is 2. The van der Waals surface area contributed by atoms with Crippen molar-refractivity contribution >= 4 is 5.69 Å². The van der Waals surface area contributed by atoms with Crippen LogP contribution in [0.25, 0.3) is 0 Å². The molecule has 3 nitrogen and oxygen atoms in total. The predicted octanol–water partition coefficient (Wildman–Crippen LogP) is 1.58. The van der Waals surface area contributed by atoms with Gasteiger partial charge in [-0.3, -0.25) is 0 Å². The lowest BCUT2D eigenvalue weighted by molar-refractivity contribution is -0.889. The number of aliphatic hydroxyl groups excluding tert-OH is 1. The SMILES string of the molecule is CCN(CC[N+](C)(C)CCO)c1ccccc1. The zero-order valence-corrected chi connectivity index (χ0v) is 11.3. The van der Waals surface area contributed by atoms with Crippen molar-refractivity contribution in [2.75, 3.05) is 51.8 Å². The van der Waals surface area contributed by atoms with Crippen molar-refractivity contribution in [1.82, 2.24) is 0 Å². The number of nitrogens with zero attached hydrogens (tertiary/aromatic N) is 2. The molecule has 3 heteroatoms. The highest BCUT2D eigenvalue weighted by molar-refractivity contribution is 5.45. The summed E-state index contributed by atoms with van der Waals surface area (Å²) in [6.07, 6.45) is 0. The van der Waals surface area contributed by atoms with E-state index in [0.717, 1.165) is 30.7 Å². The van der Waals surface area contributed by atoms with Gasteiger partial charge in [0, 0.05) is 12.2 Å². The fourth-order valence-corrected chi connectivity index (χ4v) is 1.88. The first-order chi connectivity index (χ1) is 8.09. The minimum absolute atomic E-state index is 0.254. The summed E-state index contributed by atoms with van der Waals surface area (Å²) in [6.45, 7) is 6.33. The Bertz CT molecular complexity index is 311. The molecule has 1 aromatic carbocycles. The molecule has 0 spiro atoms. The lowest BCUT2D eigenvalue weighted by atomic mass is 10.3. The fourth-order valence-electron chi connectivity index (χ4n) is 1.88. The first kappa shape index (κ1) is 14.0. The Kier molecular flexibility index (Phi) is 5.45. The van der Waals surface area contributed by atoms with E-state index in [4.69, 9.17) is 5.11 Å². The van der Waals surface area contributed by atoms with E-state index in [1.807, 2.05) is 6.07 Å². The van der Waals surface area contributed by atoms with Gasteiger partial charge in [-0.15, -0.1) is 0 Å². The first-order valence-electron chi connectivity index (χ1n) is 6.32. The molecule has 1 aromatic rings. The lowest BCUT2D eigenvalue weighted by Gasteiger charge is -2.32. The Labute approximate surface area is 105 Å². The van der Waals surface area contributed by atoms with Crippen LogP contribution in [-0.4, -0.2) is 56.5 Å². The third-order valence-corrected chi connectivity index (χ3v) is 3.18. The summed E-state index contributed by atoms with van der Waals surface area (Å²) in [5.74, 6) is 0. The third-order valence-electron chi connectivity index (χ3n) is 3.18. The van der Waals surface area contributed by atoms with Crippen molar-refractivity contribution < 1.29 is 9.59 Å². The van der Waals surface area contributed by atoms with Gasteiger partial charge in [-0.1, -0.05) is 18.2 Å². The summed E-state index contributed by atoms with van der Waals surface area (Å²) < 4.78 is 0.861. The molecule has 0 radical (unpaired) electrons. The number of anilines is 1. The molecule has 0 unspecified atom stereocenters. The van der Waals surface area contributed by atoms with E-state index in [0.29, 0.717) is 0 Å². The molecule has 0 atom stereocenters. The van der Waals surface area contributed by atoms with Crippen LogP contribution in [0, 0.1) is 0 Å². The van der Waals surface area contributed by atoms with E-state index in [1.165, 1.54) is 5.69 Å². The van der Waals surface area contributed by atoms with Gasteiger partial charge in [0.25, 0.3) is 0 Å². The number of hydrogen-bond donors (Lipinski definition) is 1. The Hall–Kier alpha value is -1.06. The Morgan fingerprint density at radius 1 is 1.12 bits per heavy atom. The van der Waals surface area contributed by atoms with Crippen LogP contribution in [0.5, 0.6) is 0 Å². The number of aliphatic hydroxyl groups is 1. The molecule has 96 valence electrons. The summed E-state index contributed by atoms with van der Waals surface area (Å²) in [4.78, 5) is 2.37. The van der Waals surface area contributed by atoms with Gasteiger partial charge in [0.05, 0.1) is 33.8 Å². The van der Waals surface area contributed by atoms with Crippen molar-refractivity contribution in [3.8, 4) is 0 Å². The first-order valence-corrected chi connectivity index (χ1v) is 6.32. The molecule has 0 aliphatic heterocycles. The number of likely N-dealkylation sites (N-methyl/N-ethyl adjacent to an activating group) is 2. The number of para-hydroxylation sites is 1. The molecule has 0 bridgehead atoms. The largest absolute Gasteiger partial charge is 0.391 e. The van der Waals surface area contributed by atoms with Crippen molar-refractivity contribution in [1.29, 1.82) is 0 Å². The molecular weight excluding hydrogens is 212 g/mol. The van der Waals surface area contributed by atoms with Crippen molar-refractivity contribution in [2.45, 2.75) is 6.92 Å². The van der Waals surface area contributed by atoms with Crippen molar-refractivity contribution in [3.63, 3.8) is 0 Å². The van der Waals surface area contributed by atoms with Crippen LogP contribution in [-0.2, 0) is 0 Å². The fraction of sp³-hybridized carbons (Fsp3) is 0.571. The van der Waals surface area contributed by atoms with Gasteiger partial charge in [0.1, 0.15) is 6.54 Å². The zero-order valence-electron chi connectivity index (χ0n) is 11.3. The van der Waals surface area contributed by atoms with Crippen LogP contribution >= 0.6 is 0 Å². The molecule has 17 heavy (non-hydrogen) atoms. The van der Waals surface area contributed by atoms with Gasteiger partial charge in [-0.25, -0.2) is 0 Å². The monoisotopic (exact) mass is 237 g/mol. The van der Waals surface area contributed by atoms with E-state index in [1.54, 1.807) is 0 Å². The van der Waals surface area contributed by atoms with Gasteiger partial charge in [0.15, 0.2) is 0 Å². The molecule has 0 amide bonds. The molecule has 0 fully saturated rings. The highest BCUT2D eigenvalue weighted by Crippen LogP contribution is 2.12. The lowest BCUT2D eigenvalue weighted by Crippen LogP contribution is -2.47. The second-order valence-electron chi connectivity index (χ2n) is 5.02. The molecule has 0 heterocycles. The van der Waals surface area contributed by atoms with Gasteiger partial charge >= 0.3 is 0 Å². The zero-order chi connectivity index (χ0) is 12.7. The smallest absolute Gasteiger partial charge is 0.102 e. The maximum atomic E-state index is 9.01. The summed E-state index contributed by atoms with van der Waals surface area (Å²) in [5.41, 5.74) is 1.28. The normalized spacial score (nSPS) is 11.5. The highest BCUT2D eigenvalue weighted by atomic mass is 16.3. The van der Waals surface area contributed by atoms with Crippen molar-refractivity contribution in [2.24, 2.45) is 0 Å². The summed E-state index contributed by atoms with van der Waals surface area (Å²) in [5, 5.41) is 9.01. The Morgan fingerprint density at radius 2 is 1.76 bits per heavy atom. The summed E-state index contributed by atoms with van der Waals surface area (Å²) in [7, 11) is 4.32. The number of rotatable bonds is 7. The maximum absolute atomic E-state index is 9.01. The van der Waals surface area contributed by atoms with Gasteiger partial charge in [-0.05, 0) is 19.1 Å². The van der Waals surface area contributed by atoms with E-state index in [2.05, 4.69) is 50.2 Å². The Morgan fingerprint density at radius 3 is 2.29 bits per heavy atom. The quantitative estimate of drug-likeness (QED) is 0.728. The maximum Gasteiger partial charge on any atom is 0.102 e. The molecular formula is C14H25N2O+. The van der Waals surface area contributed by atoms with Crippen LogP contribution in [0.4, 0.5) is 5.69 Å². The van der Waals surface area contributed by atoms with Gasteiger partial charge in [-0.2, -0.15) is 0 Å². The average molecular weight is 237 g/mol. The second kappa shape index (κ2) is 6.62. The summed E-state index contributed by atoms with van der Waals surface area (Å²) in [6, 6.07) is 10.5. The molecule has 0 aliphatic rings. The third kappa shape index (κ3) is 4.75. The van der Waals surface area contributed by atoms with E-state index in [9.17, 15) is 0 Å². The predicted molar refractivity (Wildman–Crippen MR) is 73.3 cm³/mol. The van der Waals surface area contributed by atoms with E-state index >= 15 is 0 Å². The minimum Gasteiger partial charge on any atom is -0.391 e. The van der Waals surface area contributed by atoms with Gasteiger partial charge in [0.2, 0.25) is 0 Å². The average Bonchev–Trinajstić information content (AvgIpc) is 2.31. The van der Waals surface area contributed by atoms with Crippen molar-refractivity contribution in [3.05, 3.63) is 30.3 Å². The summed E-state index contributed by atoms with van der Waals surface area (Å²) >= 11 is 0. The van der Waals surface area contributed by atoms with E-state index < -0.39 is 0 Å². The van der Waals surface area contributed by atoms with E-state index in [-0.39, 0.29) is 6.61 Å². The van der Waals surface area contributed by atoms with Crippen LogP contribution < -0.4 is 4.90 Å². The molecule has 0 aliphatic carbocycles. The molecule has 0 aromatic heterocycles. The Balaban J connectivity index is 2.54. The molecule has 1 N–H and O–H groups in total. The van der Waals surface area contributed by atoms with Crippen LogP contribution in [0.3, 0.4) is 0 Å². The van der Waals surface area contributed by atoms with Crippen LogP contribution in [0.2, 0.25) is 0 Å². The molecule has 1 rings (SSSR count). The van der Waals surface area contributed by atoms with Gasteiger partial charge < -0.3 is 14.5 Å². The molecule has 0 saturated heterocycles. The number of quaternary nitrogens is 1. The standard InChI is InChI=1S/C14H25N2O/c1-4-15(14-8-6-5-7-9-14)10-11-16(2,3)12-13-17/h5-9,17H,4,10-13H2,1-3H3/q+1. The number of benzene rings is 1. The topological polar surface area (TPSA) is 23.5 Å². The molecule has 0 saturated carbocycles. The highest BCUT2D eigenvalue weighted by Gasteiger charge is 2.15. The minimum atomic E-state index is 0.254.